The quantitative estimate of drug-likeness (QED) is 0.661. The monoisotopic (exact) mass is 306 g/mol. The van der Waals surface area contributed by atoms with Crippen LogP contribution in [0.5, 0.6) is 0 Å². The fourth-order valence-corrected chi connectivity index (χ4v) is 1.94. The second kappa shape index (κ2) is 6.37. The van der Waals surface area contributed by atoms with Gasteiger partial charge >= 0.3 is 5.97 Å². The van der Waals surface area contributed by atoms with Crippen LogP contribution in [-0.2, 0) is 9.59 Å². The lowest BCUT2D eigenvalue weighted by Crippen LogP contribution is -2.08. The maximum Gasteiger partial charge on any atom is 0.303 e. The molecule has 1 aliphatic rings. The third-order valence-electron chi connectivity index (χ3n) is 2.77. The number of aliphatic imine (C=N–C) groups is 1. The summed E-state index contributed by atoms with van der Waals surface area (Å²) in [5.41, 5.74) is 0.568. The molecule has 0 saturated carbocycles. The highest BCUT2D eigenvalue weighted by Crippen LogP contribution is 2.23. The molecule has 0 spiro atoms. The fourth-order valence-electron chi connectivity index (χ4n) is 1.75. The molecule has 0 unspecified atom stereocenters. The molecule has 2 rings (SSSR count). The first-order valence-electron chi connectivity index (χ1n) is 6.59. The highest BCUT2D eigenvalue weighted by Gasteiger charge is 2.18. The number of carboxylic acid groups (broad SMARTS) is 1. The van der Waals surface area contributed by atoms with E-state index in [0.717, 1.165) is 0 Å². The molecule has 6 heteroatoms. The Morgan fingerprint density at radius 1 is 1.33 bits per heavy atom. The van der Waals surface area contributed by atoms with E-state index in [2.05, 4.69) is 4.99 Å². The van der Waals surface area contributed by atoms with E-state index >= 15 is 0 Å². The average molecular weight is 307 g/mol. The number of hydrogen-bond acceptors (Lipinski definition) is 4. The first-order chi connectivity index (χ1) is 10.4. The molecule has 0 amide bonds. The minimum absolute atomic E-state index is 0.215. The van der Waals surface area contributed by atoms with E-state index in [1.54, 1.807) is 24.3 Å². The van der Waals surface area contributed by atoms with Gasteiger partial charge in [-0.15, -0.1) is 0 Å². The van der Waals surface area contributed by atoms with Crippen molar-refractivity contribution in [3.8, 4) is 0 Å². The zero-order chi connectivity index (χ0) is 16.3. The molecule has 0 radical (unpaired) electrons. The highest BCUT2D eigenvalue weighted by molar-refractivity contribution is 6.31. The SMILES string of the molecule is [2H]C1=C(c2cccc(Cl)c2)C=NC(=C(O)CCC(=O)O)C1=O. The number of aliphatic hydroxyl groups is 1. The Morgan fingerprint density at radius 2 is 2.10 bits per heavy atom. The van der Waals surface area contributed by atoms with Crippen LogP contribution in [0, 0.1) is 0 Å². The Balaban J connectivity index is 2.33. The molecule has 1 aromatic rings. The van der Waals surface area contributed by atoms with Crippen molar-refractivity contribution < 1.29 is 21.2 Å². The number of aliphatic carboxylic acids is 1. The summed E-state index contributed by atoms with van der Waals surface area (Å²) in [6.45, 7) is 0. The van der Waals surface area contributed by atoms with Gasteiger partial charge in [-0.3, -0.25) is 9.59 Å². The minimum atomic E-state index is -1.10. The summed E-state index contributed by atoms with van der Waals surface area (Å²) in [5, 5.41) is 18.8. The molecule has 108 valence electrons. The Kier molecular flexibility index (Phi) is 4.12. The Morgan fingerprint density at radius 3 is 2.76 bits per heavy atom. The summed E-state index contributed by atoms with van der Waals surface area (Å²) in [7, 11) is 0. The Labute approximate surface area is 127 Å². The summed E-state index contributed by atoms with van der Waals surface area (Å²) in [4.78, 5) is 26.5. The lowest BCUT2D eigenvalue weighted by atomic mass is 10.0. The van der Waals surface area contributed by atoms with Gasteiger partial charge in [0, 0.05) is 23.2 Å². The van der Waals surface area contributed by atoms with Crippen molar-refractivity contribution in [2.24, 2.45) is 4.99 Å². The molecule has 1 aliphatic heterocycles. The summed E-state index contributed by atoms with van der Waals surface area (Å²) < 4.78 is 7.92. The van der Waals surface area contributed by atoms with Crippen LogP contribution in [0.15, 0.2) is 46.8 Å². The van der Waals surface area contributed by atoms with Crippen LogP contribution in [0.3, 0.4) is 0 Å². The molecule has 0 atom stereocenters. The van der Waals surface area contributed by atoms with E-state index in [0.29, 0.717) is 16.2 Å². The number of aliphatic hydroxyl groups excluding tert-OH is 1. The molecule has 5 nitrogen and oxygen atoms in total. The summed E-state index contributed by atoms with van der Waals surface area (Å²) >= 11 is 5.88. The number of halogens is 1. The van der Waals surface area contributed by atoms with Gasteiger partial charge < -0.3 is 10.2 Å². The van der Waals surface area contributed by atoms with Gasteiger partial charge in [0.05, 0.1) is 7.79 Å². The number of dihydropyridines is 1. The average Bonchev–Trinajstić information content (AvgIpc) is 2.47. The van der Waals surface area contributed by atoms with Crippen LogP contribution >= 0.6 is 11.6 Å². The maximum absolute atomic E-state index is 12.1. The van der Waals surface area contributed by atoms with Gasteiger partial charge in [-0.2, -0.15) is 0 Å². The van der Waals surface area contributed by atoms with Gasteiger partial charge in [0.1, 0.15) is 11.5 Å². The number of carbonyl (C=O) groups is 2. The summed E-state index contributed by atoms with van der Waals surface area (Å²) in [5.74, 6) is -2.28. The predicted octanol–water partition coefficient (Wildman–Crippen LogP) is 3.01. The highest BCUT2D eigenvalue weighted by atomic mass is 35.5. The lowest BCUT2D eigenvalue weighted by molar-refractivity contribution is -0.137. The van der Waals surface area contributed by atoms with Gasteiger partial charge in [-0.05, 0) is 23.7 Å². The first kappa shape index (κ1) is 13.6. The van der Waals surface area contributed by atoms with Crippen molar-refractivity contribution in [2.45, 2.75) is 12.8 Å². The molecule has 21 heavy (non-hydrogen) atoms. The molecular weight excluding hydrogens is 294 g/mol. The van der Waals surface area contributed by atoms with Crippen LogP contribution in [-0.4, -0.2) is 28.2 Å². The number of carboxylic acids is 1. The fraction of sp³-hybridized carbons (Fsp3) is 0.133. The number of nitrogens with zero attached hydrogens (tertiary/aromatic N) is 1. The van der Waals surface area contributed by atoms with E-state index in [1.165, 1.54) is 6.21 Å². The molecule has 1 heterocycles. The van der Waals surface area contributed by atoms with E-state index < -0.39 is 17.5 Å². The molecule has 0 aromatic heterocycles. The number of carbonyl (C=O) groups excluding carboxylic acids is 1. The van der Waals surface area contributed by atoms with E-state index in [4.69, 9.17) is 18.1 Å². The Bertz CT molecular complexity index is 737. The van der Waals surface area contributed by atoms with Gasteiger partial charge in [-0.1, -0.05) is 23.7 Å². The van der Waals surface area contributed by atoms with E-state index in [9.17, 15) is 14.7 Å². The second-order valence-electron chi connectivity index (χ2n) is 4.33. The van der Waals surface area contributed by atoms with Gasteiger partial charge in [0.25, 0.3) is 0 Å². The normalized spacial score (nSPS) is 17.8. The number of hydrogen-bond donors (Lipinski definition) is 2. The van der Waals surface area contributed by atoms with E-state index in [-0.39, 0.29) is 24.6 Å². The first-order valence-corrected chi connectivity index (χ1v) is 6.47. The largest absolute Gasteiger partial charge is 0.510 e. The van der Waals surface area contributed by atoms with Crippen molar-refractivity contribution in [1.82, 2.24) is 0 Å². The van der Waals surface area contributed by atoms with Crippen LogP contribution < -0.4 is 0 Å². The molecule has 1 aromatic carbocycles. The van der Waals surface area contributed by atoms with Gasteiger partial charge in [-0.25, -0.2) is 4.99 Å². The lowest BCUT2D eigenvalue weighted by Gasteiger charge is -2.10. The van der Waals surface area contributed by atoms with Crippen molar-refractivity contribution in [2.75, 3.05) is 0 Å². The Hall–Kier alpha value is -2.40. The van der Waals surface area contributed by atoms with Crippen LogP contribution in [0.4, 0.5) is 0 Å². The summed E-state index contributed by atoms with van der Waals surface area (Å²) in [6, 6.07) is 6.32. The van der Waals surface area contributed by atoms with Crippen molar-refractivity contribution in [3.63, 3.8) is 0 Å². The number of allylic oxidation sites excluding steroid dienone is 3. The maximum atomic E-state index is 12.1. The second-order valence-corrected chi connectivity index (χ2v) is 4.76. The van der Waals surface area contributed by atoms with E-state index in [1.807, 2.05) is 0 Å². The zero-order valence-corrected chi connectivity index (χ0v) is 11.6. The number of benzene rings is 1. The smallest absolute Gasteiger partial charge is 0.303 e. The molecule has 0 fully saturated rings. The zero-order valence-electron chi connectivity index (χ0n) is 11.8. The molecule has 0 saturated heterocycles. The molecule has 2 N–H and O–H groups in total. The topological polar surface area (TPSA) is 87.0 Å². The predicted molar refractivity (Wildman–Crippen MR) is 79.5 cm³/mol. The third kappa shape index (κ3) is 3.79. The minimum Gasteiger partial charge on any atom is -0.510 e. The number of ketones is 1. The van der Waals surface area contributed by atoms with Crippen LogP contribution in [0.25, 0.3) is 5.57 Å². The molecule has 0 aliphatic carbocycles. The van der Waals surface area contributed by atoms with Crippen molar-refractivity contribution in [3.05, 3.63) is 52.4 Å². The standard InChI is InChI=1S/C15H12ClNO4/c16-11-3-1-2-9(6-11)10-7-13(19)15(17-8-10)12(18)4-5-14(20)21/h1-3,6-8,18H,4-5H2,(H,20,21)/i7D. The third-order valence-corrected chi connectivity index (χ3v) is 3.01. The van der Waals surface area contributed by atoms with Crippen molar-refractivity contribution in [1.29, 1.82) is 0 Å². The van der Waals surface area contributed by atoms with Crippen LogP contribution in [0.1, 0.15) is 19.8 Å². The molecular formula is C15H12ClNO4. The summed E-state index contributed by atoms with van der Waals surface area (Å²) in [6.07, 6.45) is 0.756. The van der Waals surface area contributed by atoms with Gasteiger partial charge in [0.15, 0.2) is 0 Å². The van der Waals surface area contributed by atoms with Gasteiger partial charge in [0.2, 0.25) is 5.78 Å². The van der Waals surface area contributed by atoms with Crippen molar-refractivity contribution >= 4 is 35.1 Å². The number of rotatable bonds is 4. The van der Waals surface area contributed by atoms with Crippen LogP contribution in [0.2, 0.25) is 5.02 Å². The molecule has 0 bridgehead atoms.